The number of aryl methyl sites for hydroxylation is 2. The first-order chi connectivity index (χ1) is 12.9. The van der Waals surface area contributed by atoms with Crippen molar-refractivity contribution in [3.05, 3.63) is 34.9 Å². The summed E-state index contributed by atoms with van der Waals surface area (Å²) in [6.45, 7) is 9.51. The van der Waals surface area contributed by atoms with Crippen LogP contribution >= 0.6 is 11.8 Å². The molecule has 3 atom stereocenters. The van der Waals surface area contributed by atoms with Gasteiger partial charge in [0.15, 0.2) is 6.29 Å². The van der Waals surface area contributed by atoms with Crippen LogP contribution < -0.4 is 5.43 Å². The minimum absolute atomic E-state index is 0.000446. The molecule has 0 spiro atoms. The molecule has 3 saturated heterocycles. The zero-order valence-electron chi connectivity index (χ0n) is 16.4. The molecule has 0 aromatic heterocycles. The van der Waals surface area contributed by atoms with E-state index < -0.39 is 0 Å². The van der Waals surface area contributed by atoms with E-state index in [2.05, 4.69) is 51.3 Å². The molecule has 0 radical (unpaired) electrons. The third kappa shape index (κ3) is 3.21. The molecule has 4 rings (SSSR count). The predicted molar refractivity (Wildman–Crippen MR) is 107 cm³/mol. The van der Waals surface area contributed by atoms with Crippen LogP contribution in [0.2, 0.25) is 0 Å². The predicted octanol–water partition coefficient (Wildman–Crippen LogP) is 2.70. The van der Waals surface area contributed by atoms with Gasteiger partial charge in [0, 0.05) is 6.54 Å². The van der Waals surface area contributed by atoms with E-state index in [1.54, 1.807) is 16.8 Å². The third-order valence-corrected chi connectivity index (χ3v) is 6.97. The van der Waals surface area contributed by atoms with E-state index in [0.29, 0.717) is 19.0 Å². The second-order valence-electron chi connectivity index (χ2n) is 8.24. The summed E-state index contributed by atoms with van der Waals surface area (Å²) in [6.07, 6.45) is 0.523. The summed E-state index contributed by atoms with van der Waals surface area (Å²) in [5, 5.41) is 1.57. The second-order valence-corrected chi connectivity index (χ2v) is 9.49. The number of thioether (sulfide) groups is 1. The number of hydrazine groups is 1. The number of carbonyl (C=O) groups excluding carboxylic acids is 2. The maximum atomic E-state index is 13.3. The zero-order valence-corrected chi connectivity index (χ0v) is 17.3. The SMILES string of the molecule is Cc1ccc(C)c(CN2NC3N(CC(C)C)C(=O)C4SCCC4N3C2=O)c1. The number of amides is 3. The van der Waals surface area contributed by atoms with Gasteiger partial charge in [0.1, 0.15) is 5.25 Å². The lowest BCUT2D eigenvalue weighted by atomic mass is 10.0. The van der Waals surface area contributed by atoms with Gasteiger partial charge in [-0.3, -0.25) is 14.7 Å². The number of nitrogens with zero attached hydrogens (tertiary/aromatic N) is 3. The summed E-state index contributed by atoms with van der Waals surface area (Å²) in [5.74, 6) is 1.46. The Morgan fingerprint density at radius 1 is 1.26 bits per heavy atom. The number of fused-ring (bicyclic) bond motifs is 3. The minimum Gasteiger partial charge on any atom is -0.307 e. The highest BCUT2D eigenvalue weighted by Gasteiger charge is 2.55. The smallest absolute Gasteiger partial charge is 0.307 e. The van der Waals surface area contributed by atoms with Crippen molar-refractivity contribution < 1.29 is 9.59 Å². The summed E-state index contributed by atoms with van der Waals surface area (Å²) in [7, 11) is 0. The van der Waals surface area contributed by atoms with Gasteiger partial charge < -0.3 is 4.90 Å². The lowest BCUT2D eigenvalue weighted by Gasteiger charge is -2.44. The number of urea groups is 1. The van der Waals surface area contributed by atoms with Crippen LogP contribution in [-0.4, -0.2) is 56.6 Å². The molecule has 1 aromatic rings. The normalized spacial score (nSPS) is 27.6. The molecule has 0 aliphatic carbocycles. The van der Waals surface area contributed by atoms with Gasteiger partial charge in [0.05, 0.1) is 12.6 Å². The summed E-state index contributed by atoms with van der Waals surface area (Å²) >= 11 is 1.69. The molecule has 3 aliphatic rings. The van der Waals surface area contributed by atoms with Crippen molar-refractivity contribution >= 4 is 23.7 Å². The van der Waals surface area contributed by atoms with Crippen LogP contribution in [0.1, 0.15) is 37.0 Å². The molecule has 3 amide bonds. The molecule has 3 unspecified atom stereocenters. The van der Waals surface area contributed by atoms with Crippen molar-refractivity contribution in [2.24, 2.45) is 5.92 Å². The van der Waals surface area contributed by atoms with E-state index in [4.69, 9.17) is 0 Å². The van der Waals surface area contributed by atoms with Gasteiger partial charge in [-0.25, -0.2) is 4.79 Å². The highest BCUT2D eigenvalue weighted by atomic mass is 32.2. The Balaban J connectivity index is 1.62. The Hall–Kier alpha value is -1.73. The zero-order chi connectivity index (χ0) is 19.3. The fraction of sp³-hybridized carbons (Fsp3) is 0.600. The quantitative estimate of drug-likeness (QED) is 0.862. The molecule has 3 aliphatic heterocycles. The lowest BCUT2D eigenvalue weighted by molar-refractivity contribution is -0.145. The van der Waals surface area contributed by atoms with Crippen molar-refractivity contribution in [2.45, 2.75) is 58.2 Å². The van der Waals surface area contributed by atoms with Gasteiger partial charge in [-0.15, -0.1) is 11.8 Å². The highest BCUT2D eigenvalue weighted by molar-refractivity contribution is 8.00. The Labute approximate surface area is 165 Å². The molecule has 3 fully saturated rings. The number of hydrogen-bond acceptors (Lipinski definition) is 4. The van der Waals surface area contributed by atoms with Gasteiger partial charge in [-0.1, -0.05) is 37.6 Å². The van der Waals surface area contributed by atoms with E-state index in [0.717, 1.165) is 17.7 Å². The Bertz CT molecular complexity index is 768. The Morgan fingerprint density at radius 3 is 2.78 bits per heavy atom. The van der Waals surface area contributed by atoms with Crippen LogP contribution in [0.3, 0.4) is 0 Å². The molecule has 1 N–H and O–H groups in total. The second kappa shape index (κ2) is 7.02. The molecular weight excluding hydrogens is 360 g/mol. The van der Waals surface area contributed by atoms with Crippen LogP contribution in [0.25, 0.3) is 0 Å². The number of rotatable bonds is 4. The summed E-state index contributed by atoms with van der Waals surface area (Å²) in [6, 6.07) is 6.30. The largest absolute Gasteiger partial charge is 0.337 e. The molecule has 0 bridgehead atoms. The molecule has 6 nitrogen and oxygen atoms in total. The molecule has 27 heavy (non-hydrogen) atoms. The first kappa shape index (κ1) is 18.6. The van der Waals surface area contributed by atoms with E-state index in [-0.39, 0.29) is 29.5 Å². The van der Waals surface area contributed by atoms with E-state index >= 15 is 0 Å². The minimum atomic E-state index is -0.363. The van der Waals surface area contributed by atoms with Crippen LogP contribution in [0, 0.1) is 19.8 Å². The molecular formula is C20H28N4O2S. The first-order valence-electron chi connectivity index (χ1n) is 9.71. The van der Waals surface area contributed by atoms with Crippen molar-refractivity contribution in [1.82, 2.24) is 20.2 Å². The maximum absolute atomic E-state index is 13.3. The average Bonchev–Trinajstić information content (AvgIpc) is 3.20. The van der Waals surface area contributed by atoms with Crippen LogP contribution in [-0.2, 0) is 11.3 Å². The van der Waals surface area contributed by atoms with Crippen LogP contribution in [0.4, 0.5) is 4.79 Å². The fourth-order valence-electron chi connectivity index (χ4n) is 4.26. The summed E-state index contributed by atoms with van der Waals surface area (Å²) in [5.41, 5.74) is 6.83. The van der Waals surface area contributed by atoms with E-state index in [1.165, 1.54) is 11.1 Å². The van der Waals surface area contributed by atoms with Gasteiger partial charge in [0.25, 0.3) is 0 Å². The molecule has 1 aromatic carbocycles. The third-order valence-electron chi connectivity index (χ3n) is 5.62. The van der Waals surface area contributed by atoms with E-state index in [1.807, 2.05) is 9.80 Å². The Morgan fingerprint density at radius 2 is 2.04 bits per heavy atom. The van der Waals surface area contributed by atoms with Crippen LogP contribution in [0.15, 0.2) is 18.2 Å². The van der Waals surface area contributed by atoms with Crippen molar-refractivity contribution in [3.63, 3.8) is 0 Å². The van der Waals surface area contributed by atoms with Crippen molar-refractivity contribution in [2.75, 3.05) is 12.3 Å². The van der Waals surface area contributed by atoms with Gasteiger partial charge >= 0.3 is 6.03 Å². The topological polar surface area (TPSA) is 55.9 Å². The maximum Gasteiger partial charge on any atom is 0.337 e. The average molecular weight is 389 g/mol. The van der Waals surface area contributed by atoms with Crippen molar-refractivity contribution in [3.8, 4) is 0 Å². The number of benzene rings is 1. The summed E-state index contributed by atoms with van der Waals surface area (Å²) < 4.78 is 0. The molecule has 146 valence electrons. The summed E-state index contributed by atoms with van der Waals surface area (Å²) in [4.78, 5) is 30.1. The van der Waals surface area contributed by atoms with Crippen LogP contribution in [0.5, 0.6) is 0 Å². The molecule has 3 heterocycles. The fourth-order valence-corrected chi connectivity index (χ4v) is 5.66. The number of nitrogens with one attached hydrogen (secondary N) is 1. The monoisotopic (exact) mass is 388 g/mol. The molecule has 0 saturated carbocycles. The highest BCUT2D eigenvalue weighted by Crippen LogP contribution is 2.39. The Kier molecular flexibility index (Phi) is 4.84. The van der Waals surface area contributed by atoms with Gasteiger partial charge in [-0.2, -0.15) is 5.43 Å². The van der Waals surface area contributed by atoms with Gasteiger partial charge in [-0.05, 0) is 43.1 Å². The number of carbonyl (C=O) groups is 2. The van der Waals surface area contributed by atoms with E-state index in [9.17, 15) is 9.59 Å². The first-order valence-corrected chi connectivity index (χ1v) is 10.8. The van der Waals surface area contributed by atoms with Crippen molar-refractivity contribution in [1.29, 1.82) is 0 Å². The number of hydrogen-bond donors (Lipinski definition) is 1. The molecule has 7 heteroatoms. The standard InChI is InChI=1S/C20H28N4O2S/c1-12(2)10-22-18(25)17-16(7-8-27-17)24-19(22)21-23(20(24)26)11-15-9-13(3)5-6-14(15)4/h5-6,9,12,16-17,19,21H,7-8,10-11H2,1-4H3. The van der Waals surface area contributed by atoms with Gasteiger partial charge in [0.2, 0.25) is 5.91 Å². The lowest BCUT2D eigenvalue weighted by Crippen LogP contribution is -2.66.